The van der Waals surface area contributed by atoms with Crippen LogP contribution in [0.4, 0.5) is 0 Å². The molecule has 1 fully saturated rings. The minimum Gasteiger partial charge on any atom is -0.440 e. The number of benzene rings is 1. The first-order valence-corrected chi connectivity index (χ1v) is 9.44. The number of oxazole rings is 1. The van der Waals surface area contributed by atoms with Gasteiger partial charge in [-0.1, -0.05) is 30.3 Å². The van der Waals surface area contributed by atoms with Crippen LogP contribution in [-0.4, -0.2) is 55.1 Å². The number of aryl methyl sites for hydroxylation is 2. The average molecular weight is 356 g/mol. The molecule has 0 aliphatic carbocycles. The van der Waals surface area contributed by atoms with Crippen molar-refractivity contribution in [2.45, 2.75) is 26.2 Å². The Morgan fingerprint density at radius 3 is 2.81 bits per heavy atom. The number of carbonyl (C=O) groups is 1. The third-order valence-electron chi connectivity index (χ3n) is 4.63. The zero-order valence-corrected chi connectivity index (χ0v) is 15.5. The normalized spacial score (nSPS) is 15.1. The number of amides is 1. The van der Waals surface area contributed by atoms with Gasteiger partial charge in [-0.15, -0.1) is 0 Å². The van der Waals surface area contributed by atoms with Gasteiger partial charge in [0.2, 0.25) is 5.91 Å². The second-order valence-corrected chi connectivity index (χ2v) is 6.68. The average Bonchev–Trinajstić information content (AvgIpc) is 3.06. The molecule has 6 heteroatoms. The number of piperazine rings is 1. The fraction of sp³-hybridized carbons (Fsp3) is 0.500. The maximum absolute atomic E-state index is 12.0. The Hall–Kier alpha value is -2.18. The zero-order chi connectivity index (χ0) is 18.2. The summed E-state index contributed by atoms with van der Waals surface area (Å²) in [7, 11) is 0. The number of carbonyl (C=O) groups excluding carboxylic acids is 1. The van der Waals surface area contributed by atoms with Crippen LogP contribution in [0.25, 0.3) is 11.3 Å². The van der Waals surface area contributed by atoms with E-state index >= 15 is 0 Å². The lowest BCUT2D eigenvalue weighted by molar-refractivity contribution is -0.121. The SMILES string of the molecule is Cc1nc(CCC(=O)NCCCN2CCNCC2)oc1-c1ccccc1. The summed E-state index contributed by atoms with van der Waals surface area (Å²) in [4.78, 5) is 18.9. The van der Waals surface area contributed by atoms with E-state index in [-0.39, 0.29) is 5.91 Å². The van der Waals surface area contributed by atoms with Gasteiger partial charge < -0.3 is 20.0 Å². The first-order chi connectivity index (χ1) is 12.7. The van der Waals surface area contributed by atoms with E-state index in [1.54, 1.807) is 0 Å². The van der Waals surface area contributed by atoms with Gasteiger partial charge in [-0.25, -0.2) is 4.98 Å². The predicted molar refractivity (Wildman–Crippen MR) is 102 cm³/mol. The van der Waals surface area contributed by atoms with Crippen LogP contribution in [0.15, 0.2) is 34.7 Å². The van der Waals surface area contributed by atoms with Crippen molar-refractivity contribution in [2.24, 2.45) is 0 Å². The Bertz CT molecular complexity index is 693. The molecule has 1 aromatic carbocycles. The van der Waals surface area contributed by atoms with Crippen LogP contribution in [-0.2, 0) is 11.2 Å². The highest BCUT2D eigenvalue weighted by atomic mass is 16.4. The summed E-state index contributed by atoms with van der Waals surface area (Å²) in [5.41, 5.74) is 1.88. The molecule has 2 heterocycles. The third kappa shape index (κ3) is 5.41. The van der Waals surface area contributed by atoms with E-state index < -0.39 is 0 Å². The Balaban J connectivity index is 1.38. The summed E-state index contributed by atoms with van der Waals surface area (Å²) < 4.78 is 5.85. The minimum absolute atomic E-state index is 0.0578. The fourth-order valence-electron chi connectivity index (χ4n) is 3.19. The van der Waals surface area contributed by atoms with Crippen molar-refractivity contribution in [3.8, 4) is 11.3 Å². The van der Waals surface area contributed by atoms with Crippen LogP contribution in [0, 0.1) is 6.92 Å². The molecule has 6 nitrogen and oxygen atoms in total. The molecule has 1 aromatic heterocycles. The smallest absolute Gasteiger partial charge is 0.220 e. The fourth-order valence-corrected chi connectivity index (χ4v) is 3.19. The molecular formula is C20H28N4O2. The summed E-state index contributed by atoms with van der Waals surface area (Å²) >= 11 is 0. The molecule has 140 valence electrons. The van der Waals surface area contributed by atoms with Crippen molar-refractivity contribution in [1.29, 1.82) is 0 Å². The van der Waals surface area contributed by atoms with Crippen LogP contribution in [0.5, 0.6) is 0 Å². The van der Waals surface area contributed by atoms with Gasteiger partial charge in [0.1, 0.15) is 0 Å². The van der Waals surface area contributed by atoms with Crippen LogP contribution < -0.4 is 10.6 Å². The predicted octanol–water partition coefficient (Wildman–Crippen LogP) is 1.99. The molecule has 26 heavy (non-hydrogen) atoms. The van der Waals surface area contributed by atoms with Gasteiger partial charge in [-0.2, -0.15) is 0 Å². The summed E-state index contributed by atoms with van der Waals surface area (Å²) in [6.45, 7) is 8.03. The van der Waals surface area contributed by atoms with Gasteiger partial charge in [-0.05, 0) is 19.9 Å². The first kappa shape index (κ1) is 18.6. The number of nitrogens with zero attached hydrogens (tertiary/aromatic N) is 2. The van der Waals surface area contributed by atoms with Crippen molar-refractivity contribution < 1.29 is 9.21 Å². The molecule has 0 bridgehead atoms. The van der Waals surface area contributed by atoms with Crippen LogP contribution in [0.2, 0.25) is 0 Å². The monoisotopic (exact) mass is 356 g/mol. The minimum atomic E-state index is 0.0578. The maximum atomic E-state index is 12.0. The van der Waals surface area contributed by atoms with E-state index in [0.29, 0.717) is 18.7 Å². The van der Waals surface area contributed by atoms with Crippen LogP contribution in [0.1, 0.15) is 24.4 Å². The van der Waals surface area contributed by atoms with Gasteiger partial charge >= 0.3 is 0 Å². The van der Waals surface area contributed by atoms with E-state index in [0.717, 1.165) is 62.7 Å². The molecule has 3 rings (SSSR count). The highest BCUT2D eigenvalue weighted by Gasteiger charge is 2.13. The third-order valence-corrected chi connectivity index (χ3v) is 4.63. The second kappa shape index (κ2) is 9.50. The number of hydrogen-bond donors (Lipinski definition) is 2. The number of rotatable bonds is 8. The Kier molecular flexibility index (Phi) is 6.80. The summed E-state index contributed by atoms with van der Waals surface area (Å²) in [5, 5.41) is 6.34. The van der Waals surface area contributed by atoms with E-state index in [9.17, 15) is 4.79 Å². The van der Waals surface area contributed by atoms with Crippen molar-refractivity contribution in [2.75, 3.05) is 39.3 Å². The highest BCUT2D eigenvalue weighted by Crippen LogP contribution is 2.24. The second-order valence-electron chi connectivity index (χ2n) is 6.68. The Morgan fingerprint density at radius 1 is 1.27 bits per heavy atom. The lowest BCUT2D eigenvalue weighted by Crippen LogP contribution is -2.44. The Morgan fingerprint density at radius 2 is 2.04 bits per heavy atom. The van der Waals surface area contributed by atoms with Gasteiger partial charge in [0.05, 0.1) is 5.69 Å². The topological polar surface area (TPSA) is 70.4 Å². The molecular weight excluding hydrogens is 328 g/mol. The van der Waals surface area contributed by atoms with Crippen molar-refractivity contribution in [3.63, 3.8) is 0 Å². The molecule has 0 atom stereocenters. The molecule has 0 radical (unpaired) electrons. The lowest BCUT2D eigenvalue weighted by atomic mass is 10.1. The van der Waals surface area contributed by atoms with Gasteiger partial charge in [-0.3, -0.25) is 4.79 Å². The van der Waals surface area contributed by atoms with Gasteiger partial charge in [0, 0.05) is 51.1 Å². The molecule has 1 saturated heterocycles. The molecule has 2 aromatic rings. The summed E-state index contributed by atoms with van der Waals surface area (Å²) in [6.07, 6.45) is 1.92. The van der Waals surface area contributed by atoms with E-state index in [1.807, 2.05) is 37.3 Å². The number of hydrogen-bond acceptors (Lipinski definition) is 5. The number of nitrogens with one attached hydrogen (secondary N) is 2. The molecule has 0 saturated carbocycles. The van der Waals surface area contributed by atoms with Crippen LogP contribution in [0.3, 0.4) is 0 Å². The summed E-state index contributed by atoms with van der Waals surface area (Å²) in [6, 6.07) is 9.93. The summed E-state index contributed by atoms with van der Waals surface area (Å²) in [5.74, 6) is 1.47. The van der Waals surface area contributed by atoms with E-state index in [4.69, 9.17) is 4.42 Å². The van der Waals surface area contributed by atoms with Crippen molar-refractivity contribution >= 4 is 5.91 Å². The van der Waals surface area contributed by atoms with Crippen molar-refractivity contribution in [1.82, 2.24) is 20.5 Å². The molecule has 1 amide bonds. The molecule has 2 N–H and O–H groups in total. The van der Waals surface area contributed by atoms with Gasteiger partial charge in [0.25, 0.3) is 0 Å². The van der Waals surface area contributed by atoms with E-state index in [1.165, 1.54) is 0 Å². The molecule has 1 aliphatic rings. The van der Waals surface area contributed by atoms with Gasteiger partial charge in [0.15, 0.2) is 11.7 Å². The molecule has 1 aliphatic heterocycles. The maximum Gasteiger partial charge on any atom is 0.220 e. The first-order valence-electron chi connectivity index (χ1n) is 9.44. The Labute approximate surface area is 155 Å². The van der Waals surface area contributed by atoms with Crippen molar-refractivity contribution in [3.05, 3.63) is 41.9 Å². The quantitative estimate of drug-likeness (QED) is 0.708. The van der Waals surface area contributed by atoms with Crippen LogP contribution >= 0.6 is 0 Å². The number of aromatic nitrogens is 1. The largest absolute Gasteiger partial charge is 0.440 e. The highest BCUT2D eigenvalue weighted by molar-refractivity contribution is 5.76. The standard InChI is InChI=1S/C20H28N4O2/c1-16-20(17-6-3-2-4-7-17)26-19(23-16)9-8-18(25)22-10-5-13-24-14-11-21-12-15-24/h2-4,6-7,21H,5,8-15H2,1H3,(H,22,25). The molecule has 0 unspecified atom stereocenters. The zero-order valence-electron chi connectivity index (χ0n) is 15.5. The van der Waals surface area contributed by atoms with E-state index in [2.05, 4.69) is 20.5 Å². The molecule has 0 spiro atoms. The lowest BCUT2D eigenvalue weighted by Gasteiger charge is -2.27.